The number of nitrogens with one attached hydrogen (secondary N) is 1. The molecule has 148 valence electrons. The Balaban J connectivity index is 1.67. The van der Waals surface area contributed by atoms with E-state index in [0.717, 1.165) is 33.8 Å². The van der Waals surface area contributed by atoms with Crippen molar-refractivity contribution >= 4 is 59.6 Å². The maximum Gasteiger partial charge on any atom is 0.248 e. The quantitative estimate of drug-likeness (QED) is 0.554. The normalized spacial score (nSPS) is 15.6. The number of amides is 1. The number of carbonyl (C=O) groups excluding carboxylic acids is 1. The highest BCUT2D eigenvalue weighted by molar-refractivity contribution is 9.11. The molecule has 5 nitrogen and oxygen atoms in total. The van der Waals surface area contributed by atoms with Crippen molar-refractivity contribution < 1.29 is 13.2 Å². The van der Waals surface area contributed by atoms with Crippen LogP contribution in [0.4, 0.5) is 5.69 Å². The van der Waals surface area contributed by atoms with Crippen LogP contribution < -0.4 is 5.32 Å². The smallest absolute Gasteiger partial charge is 0.248 e. The van der Waals surface area contributed by atoms with Crippen molar-refractivity contribution in [2.45, 2.75) is 24.2 Å². The van der Waals surface area contributed by atoms with Crippen LogP contribution in [0.2, 0.25) is 0 Å². The number of piperidine rings is 1. The molecular weight excluding hydrogens is 508 g/mol. The van der Waals surface area contributed by atoms with Crippen LogP contribution in [0.1, 0.15) is 24.8 Å². The minimum Gasteiger partial charge on any atom is -0.323 e. The van der Waals surface area contributed by atoms with Gasteiger partial charge in [0, 0.05) is 39.4 Å². The molecule has 28 heavy (non-hydrogen) atoms. The molecule has 0 aliphatic carbocycles. The van der Waals surface area contributed by atoms with Crippen LogP contribution in [0.3, 0.4) is 0 Å². The number of anilines is 1. The van der Waals surface area contributed by atoms with Crippen molar-refractivity contribution in [3.05, 3.63) is 63.0 Å². The molecule has 0 saturated carbocycles. The number of rotatable bonds is 5. The van der Waals surface area contributed by atoms with Crippen LogP contribution in [0.25, 0.3) is 6.08 Å². The first-order valence-electron chi connectivity index (χ1n) is 8.91. The first-order chi connectivity index (χ1) is 13.4. The predicted molar refractivity (Wildman–Crippen MR) is 119 cm³/mol. The zero-order valence-corrected chi connectivity index (χ0v) is 19.1. The SMILES string of the molecule is O=C(/C=C/c1c(Br)cccc1Br)Nc1ccc(S(=O)(=O)N2CCCCC2)cc1. The van der Waals surface area contributed by atoms with Gasteiger partial charge in [-0.25, -0.2) is 8.42 Å². The number of hydrogen-bond acceptors (Lipinski definition) is 3. The summed E-state index contributed by atoms with van der Waals surface area (Å²) in [6.07, 6.45) is 6.00. The fourth-order valence-corrected chi connectivity index (χ4v) is 5.76. The van der Waals surface area contributed by atoms with Gasteiger partial charge in [-0.1, -0.05) is 44.3 Å². The average Bonchev–Trinajstić information content (AvgIpc) is 2.69. The van der Waals surface area contributed by atoms with Crippen LogP contribution in [0, 0.1) is 0 Å². The fraction of sp³-hybridized carbons (Fsp3) is 0.250. The van der Waals surface area contributed by atoms with E-state index in [1.165, 1.54) is 22.5 Å². The highest BCUT2D eigenvalue weighted by atomic mass is 79.9. The summed E-state index contributed by atoms with van der Waals surface area (Å²) < 4.78 is 28.6. The molecule has 0 bridgehead atoms. The molecule has 0 unspecified atom stereocenters. The van der Waals surface area contributed by atoms with E-state index in [9.17, 15) is 13.2 Å². The summed E-state index contributed by atoms with van der Waals surface area (Å²) in [7, 11) is -3.47. The second kappa shape index (κ2) is 9.35. The molecule has 0 aromatic heterocycles. The molecule has 1 N–H and O–H groups in total. The predicted octanol–water partition coefficient (Wildman–Crippen LogP) is 5.04. The average molecular weight is 528 g/mol. The van der Waals surface area contributed by atoms with Gasteiger partial charge in [-0.15, -0.1) is 0 Å². The second-order valence-electron chi connectivity index (χ2n) is 6.45. The first-order valence-corrected chi connectivity index (χ1v) is 11.9. The highest BCUT2D eigenvalue weighted by Crippen LogP contribution is 2.26. The minimum absolute atomic E-state index is 0.250. The molecule has 0 spiro atoms. The summed E-state index contributed by atoms with van der Waals surface area (Å²) in [5.41, 5.74) is 1.40. The third-order valence-electron chi connectivity index (χ3n) is 4.48. The van der Waals surface area contributed by atoms with E-state index >= 15 is 0 Å². The van der Waals surface area contributed by atoms with Crippen molar-refractivity contribution in [3.63, 3.8) is 0 Å². The molecule has 0 radical (unpaired) electrons. The minimum atomic E-state index is -3.47. The summed E-state index contributed by atoms with van der Waals surface area (Å²) >= 11 is 6.90. The van der Waals surface area contributed by atoms with Gasteiger partial charge >= 0.3 is 0 Å². The monoisotopic (exact) mass is 526 g/mol. The Kier molecular flexibility index (Phi) is 7.09. The Morgan fingerprint density at radius 3 is 2.18 bits per heavy atom. The van der Waals surface area contributed by atoms with Crippen molar-refractivity contribution in [2.75, 3.05) is 18.4 Å². The number of halogens is 2. The summed E-state index contributed by atoms with van der Waals surface area (Å²) in [5, 5.41) is 2.74. The Morgan fingerprint density at radius 2 is 1.57 bits per heavy atom. The van der Waals surface area contributed by atoms with Crippen LogP contribution >= 0.6 is 31.9 Å². The molecule has 1 aliphatic heterocycles. The number of carbonyl (C=O) groups is 1. The van der Waals surface area contributed by atoms with E-state index in [1.807, 2.05) is 18.2 Å². The lowest BCUT2D eigenvalue weighted by Crippen LogP contribution is -2.35. The van der Waals surface area contributed by atoms with E-state index in [2.05, 4.69) is 37.2 Å². The zero-order chi connectivity index (χ0) is 20.1. The summed E-state index contributed by atoms with van der Waals surface area (Å²) in [4.78, 5) is 12.4. The van der Waals surface area contributed by atoms with Crippen LogP contribution in [0.5, 0.6) is 0 Å². The molecule has 1 saturated heterocycles. The summed E-state index contributed by atoms with van der Waals surface area (Å²) in [6.45, 7) is 1.13. The molecule has 1 aliphatic rings. The van der Waals surface area contributed by atoms with Gasteiger partial charge in [0.1, 0.15) is 0 Å². The van der Waals surface area contributed by atoms with Crippen LogP contribution in [-0.2, 0) is 14.8 Å². The maximum atomic E-state index is 12.7. The molecule has 1 fully saturated rings. The largest absolute Gasteiger partial charge is 0.323 e. The van der Waals surface area contributed by atoms with Crippen molar-refractivity contribution in [2.24, 2.45) is 0 Å². The number of hydrogen-bond donors (Lipinski definition) is 1. The molecule has 1 heterocycles. The van der Waals surface area contributed by atoms with Gasteiger partial charge in [0.2, 0.25) is 15.9 Å². The highest BCUT2D eigenvalue weighted by Gasteiger charge is 2.25. The van der Waals surface area contributed by atoms with Gasteiger partial charge in [0.25, 0.3) is 0 Å². The molecule has 8 heteroatoms. The van der Waals surface area contributed by atoms with Crippen molar-refractivity contribution in [1.29, 1.82) is 0 Å². The molecule has 3 rings (SSSR count). The van der Waals surface area contributed by atoms with E-state index in [0.29, 0.717) is 18.8 Å². The zero-order valence-electron chi connectivity index (χ0n) is 15.1. The van der Waals surface area contributed by atoms with Gasteiger partial charge in [-0.2, -0.15) is 4.31 Å². The van der Waals surface area contributed by atoms with Gasteiger partial charge in [-0.3, -0.25) is 4.79 Å². The lowest BCUT2D eigenvalue weighted by Gasteiger charge is -2.25. The Morgan fingerprint density at radius 1 is 0.964 bits per heavy atom. The lowest BCUT2D eigenvalue weighted by molar-refractivity contribution is -0.111. The van der Waals surface area contributed by atoms with E-state index in [1.54, 1.807) is 18.2 Å². The van der Waals surface area contributed by atoms with Gasteiger partial charge in [0.05, 0.1) is 4.90 Å². The molecule has 2 aromatic carbocycles. The molecule has 2 aromatic rings. The van der Waals surface area contributed by atoms with E-state index < -0.39 is 10.0 Å². The van der Waals surface area contributed by atoms with Gasteiger partial charge in [0.15, 0.2) is 0 Å². The third kappa shape index (κ3) is 5.11. The van der Waals surface area contributed by atoms with Crippen LogP contribution in [-0.4, -0.2) is 31.7 Å². The first kappa shape index (κ1) is 21.2. The van der Waals surface area contributed by atoms with E-state index in [4.69, 9.17) is 0 Å². The standard InChI is InChI=1S/C20H20Br2N2O3S/c21-18-5-4-6-19(22)17(18)11-12-20(25)23-15-7-9-16(10-8-15)28(26,27)24-13-2-1-3-14-24/h4-12H,1-3,13-14H2,(H,23,25)/b12-11+. The van der Waals surface area contributed by atoms with Gasteiger partial charge in [-0.05, 0) is 55.3 Å². The summed E-state index contributed by atoms with van der Waals surface area (Å²) in [5.74, 6) is -0.297. The Labute approximate surface area is 182 Å². The lowest BCUT2D eigenvalue weighted by atomic mass is 10.2. The third-order valence-corrected chi connectivity index (χ3v) is 7.77. The number of benzene rings is 2. The summed E-state index contributed by atoms with van der Waals surface area (Å²) in [6, 6.07) is 12.0. The topological polar surface area (TPSA) is 66.5 Å². The second-order valence-corrected chi connectivity index (χ2v) is 10.1. The van der Waals surface area contributed by atoms with Crippen molar-refractivity contribution in [3.8, 4) is 0 Å². The van der Waals surface area contributed by atoms with Crippen LogP contribution in [0.15, 0.2) is 62.4 Å². The van der Waals surface area contributed by atoms with E-state index in [-0.39, 0.29) is 10.8 Å². The van der Waals surface area contributed by atoms with Gasteiger partial charge < -0.3 is 5.32 Å². The van der Waals surface area contributed by atoms with Crippen molar-refractivity contribution in [1.82, 2.24) is 4.31 Å². The fourth-order valence-electron chi connectivity index (χ4n) is 2.98. The molecule has 0 atom stereocenters. The number of sulfonamides is 1. The number of nitrogens with zero attached hydrogens (tertiary/aromatic N) is 1. The molecular formula is C20H20Br2N2O3S. The molecule has 1 amide bonds. The Hall–Kier alpha value is -1.48. The maximum absolute atomic E-state index is 12.7. The Bertz CT molecular complexity index is 963.